The molecule has 66 valence electrons. The van der Waals surface area contributed by atoms with E-state index in [1.807, 2.05) is 0 Å². The molecule has 1 N–H and O–H groups in total. The third kappa shape index (κ3) is 2.64. The number of aliphatic hydroxyl groups is 1. The summed E-state index contributed by atoms with van der Waals surface area (Å²) in [6, 6.07) is 1.69. The van der Waals surface area contributed by atoms with Crippen LogP contribution in [0.15, 0.2) is 11.4 Å². The van der Waals surface area contributed by atoms with Crippen LogP contribution in [0.4, 0.5) is 0 Å². The summed E-state index contributed by atoms with van der Waals surface area (Å²) < 4.78 is 5.22. The predicted molar refractivity (Wildman–Crippen MR) is 46.9 cm³/mol. The van der Waals surface area contributed by atoms with E-state index < -0.39 is 0 Å². The highest BCUT2D eigenvalue weighted by molar-refractivity contribution is 7.11. The van der Waals surface area contributed by atoms with Gasteiger partial charge in [-0.15, -0.1) is 11.3 Å². The fourth-order valence-corrected chi connectivity index (χ4v) is 1.35. The Kier molecular flexibility index (Phi) is 3.76. The molecule has 0 aromatic carbocycles. The molecule has 1 aromatic heterocycles. The molecule has 0 aliphatic carbocycles. The minimum absolute atomic E-state index is 0.130. The molecule has 1 aromatic rings. The van der Waals surface area contributed by atoms with Crippen molar-refractivity contribution >= 4 is 17.6 Å². The molecule has 1 rings (SSSR count). The van der Waals surface area contributed by atoms with Crippen LogP contribution in [0.5, 0.6) is 5.75 Å². The van der Waals surface area contributed by atoms with Gasteiger partial charge in [0.25, 0.3) is 0 Å². The standard InChI is InChI=1S/C8H10O3S/c9-2-1-3-11-7-4-8(5-10)12-6-7/h4-6,9H,1-3H2. The summed E-state index contributed by atoms with van der Waals surface area (Å²) >= 11 is 1.35. The molecule has 12 heavy (non-hydrogen) atoms. The van der Waals surface area contributed by atoms with Gasteiger partial charge in [-0.05, 0) is 0 Å². The number of aliphatic hydroxyl groups excluding tert-OH is 1. The van der Waals surface area contributed by atoms with Crippen molar-refractivity contribution in [1.82, 2.24) is 0 Å². The van der Waals surface area contributed by atoms with Crippen molar-refractivity contribution in [3.05, 3.63) is 16.3 Å². The molecule has 4 heteroatoms. The highest BCUT2D eigenvalue weighted by Gasteiger charge is 1.98. The van der Waals surface area contributed by atoms with Gasteiger partial charge in [-0.1, -0.05) is 0 Å². The maximum absolute atomic E-state index is 10.3. The van der Waals surface area contributed by atoms with Crippen molar-refractivity contribution in [2.75, 3.05) is 13.2 Å². The van der Waals surface area contributed by atoms with Crippen LogP contribution in [0.25, 0.3) is 0 Å². The second kappa shape index (κ2) is 4.90. The molecule has 3 nitrogen and oxygen atoms in total. The molecular weight excluding hydrogens is 176 g/mol. The monoisotopic (exact) mass is 186 g/mol. The van der Waals surface area contributed by atoms with Crippen LogP contribution in [0.3, 0.4) is 0 Å². The van der Waals surface area contributed by atoms with Gasteiger partial charge in [-0.3, -0.25) is 4.79 Å². The summed E-state index contributed by atoms with van der Waals surface area (Å²) in [7, 11) is 0. The zero-order valence-corrected chi connectivity index (χ0v) is 7.34. The van der Waals surface area contributed by atoms with Gasteiger partial charge in [0.1, 0.15) is 5.75 Å². The lowest BCUT2D eigenvalue weighted by molar-refractivity contribution is 0.112. The third-order valence-electron chi connectivity index (χ3n) is 1.28. The summed E-state index contributed by atoms with van der Waals surface area (Å²) in [4.78, 5) is 10.9. The van der Waals surface area contributed by atoms with E-state index in [-0.39, 0.29) is 6.61 Å². The van der Waals surface area contributed by atoms with E-state index in [2.05, 4.69) is 0 Å². The first-order valence-electron chi connectivity index (χ1n) is 3.64. The minimum Gasteiger partial charge on any atom is -0.493 e. The SMILES string of the molecule is O=Cc1cc(OCCCO)cs1. The zero-order valence-electron chi connectivity index (χ0n) is 6.53. The van der Waals surface area contributed by atoms with E-state index in [1.54, 1.807) is 11.4 Å². The molecule has 0 aliphatic rings. The number of hydrogen-bond acceptors (Lipinski definition) is 4. The molecule has 0 bridgehead atoms. The molecule has 0 unspecified atom stereocenters. The van der Waals surface area contributed by atoms with Crippen LogP contribution in [0.2, 0.25) is 0 Å². The third-order valence-corrected chi connectivity index (χ3v) is 2.12. The fourth-order valence-electron chi connectivity index (χ4n) is 0.726. The average Bonchev–Trinajstić information content (AvgIpc) is 2.53. The number of thiophene rings is 1. The van der Waals surface area contributed by atoms with E-state index in [0.29, 0.717) is 23.7 Å². The van der Waals surface area contributed by atoms with Gasteiger partial charge in [-0.25, -0.2) is 0 Å². The van der Waals surface area contributed by atoms with Crippen molar-refractivity contribution in [3.8, 4) is 5.75 Å². The van der Waals surface area contributed by atoms with Gasteiger partial charge in [0.05, 0.1) is 11.5 Å². The summed E-state index contributed by atoms with van der Waals surface area (Å²) in [5, 5.41) is 10.2. The van der Waals surface area contributed by atoms with E-state index in [9.17, 15) is 4.79 Å². The highest BCUT2D eigenvalue weighted by atomic mass is 32.1. The molecular formula is C8H10O3S. The van der Waals surface area contributed by atoms with E-state index in [0.717, 1.165) is 6.29 Å². The predicted octanol–water partition coefficient (Wildman–Crippen LogP) is 1.32. The molecule has 1 heterocycles. The number of aldehydes is 1. The largest absolute Gasteiger partial charge is 0.493 e. The maximum atomic E-state index is 10.3. The first kappa shape index (κ1) is 9.22. The van der Waals surface area contributed by atoms with Crippen LogP contribution >= 0.6 is 11.3 Å². The summed E-state index contributed by atoms with van der Waals surface area (Å²) in [5.41, 5.74) is 0. The van der Waals surface area contributed by atoms with Crippen LogP contribution < -0.4 is 4.74 Å². The highest BCUT2D eigenvalue weighted by Crippen LogP contribution is 2.19. The number of carbonyl (C=O) groups is 1. The normalized spacial score (nSPS) is 9.75. The lowest BCUT2D eigenvalue weighted by atomic mass is 10.4. The van der Waals surface area contributed by atoms with Crippen molar-refractivity contribution in [2.45, 2.75) is 6.42 Å². The van der Waals surface area contributed by atoms with E-state index in [1.165, 1.54) is 11.3 Å². The summed E-state index contributed by atoms with van der Waals surface area (Å²) in [6.45, 7) is 0.621. The molecule has 0 aliphatic heterocycles. The van der Waals surface area contributed by atoms with Gasteiger partial charge in [0.15, 0.2) is 6.29 Å². The Morgan fingerprint density at radius 1 is 1.67 bits per heavy atom. The molecule has 0 radical (unpaired) electrons. The van der Waals surface area contributed by atoms with Crippen LogP contribution in [0.1, 0.15) is 16.1 Å². The number of carbonyl (C=O) groups excluding carboxylic acids is 1. The second-order valence-corrected chi connectivity index (χ2v) is 3.17. The van der Waals surface area contributed by atoms with Crippen LogP contribution in [-0.4, -0.2) is 24.6 Å². The van der Waals surface area contributed by atoms with Crippen LogP contribution in [-0.2, 0) is 0 Å². The Bertz CT molecular complexity index is 244. The molecule has 0 saturated heterocycles. The Balaban J connectivity index is 2.36. The van der Waals surface area contributed by atoms with E-state index >= 15 is 0 Å². The number of hydrogen-bond donors (Lipinski definition) is 1. The van der Waals surface area contributed by atoms with Crippen molar-refractivity contribution in [2.24, 2.45) is 0 Å². The smallest absolute Gasteiger partial charge is 0.160 e. The van der Waals surface area contributed by atoms with Crippen molar-refractivity contribution in [3.63, 3.8) is 0 Å². The molecule has 0 atom stereocenters. The minimum atomic E-state index is 0.130. The molecule has 0 saturated carbocycles. The topological polar surface area (TPSA) is 46.5 Å². The van der Waals surface area contributed by atoms with Gasteiger partial charge in [0, 0.05) is 24.5 Å². The second-order valence-electron chi connectivity index (χ2n) is 2.23. The summed E-state index contributed by atoms with van der Waals surface area (Å²) in [6.07, 6.45) is 1.41. The van der Waals surface area contributed by atoms with E-state index in [4.69, 9.17) is 9.84 Å². The Morgan fingerprint density at radius 3 is 3.08 bits per heavy atom. The quantitative estimate of drug-likeness (QED) is 0.557. The first-order valence-corrected chi connectivity index (χ1v) is 4.52. The summed E-state index contributed by atoms with van der Waals surface area (Å²) in [5.74, 6) is 0.704. The van der Waals surface area contributed by atoms with Crippen LogP contribution in [0, 0.1) is 0 Å². The molecule has 0 amide bonds. The van der Waals surface area contributed by atoms with Gasteiger partial charge in [-0.2, -0.15) is 0 Å². The van der Waals surface area contributed by atoms with Gasteiger partial charge < -0.3 is 9.84 Å². The molecule has 0 spiro atoms. The Labute approximate surface area is 74.6 Å². The first-order chi connectivity index (χ1) is 5.86. The zero-order chi connectivity index (χ0) is 8.81. The molecule has 0 fully saturated rings. The lowest BCUT2D eigenvalue weighted by Crippen LogP contribution is -1.98. The maximum Gasteiger partial charge on any atom is 0.160 e. The number of rotatable bonds is 5. The van der Waals surface area contributed by atoms with Crippen molar-refractivity contribution < 1.29 is 14.6 Å². The van der Waals surface area contributed by atoms with Crippen molar-refractivity contribution in [1.29, 1.82) is 0 Å². The van der Waals surface area contributed by atoms with Gasteiger partial charge in [0.2, 0.25) is 0 Å². The fraction of sp³-hybridized carbons (Fsp3) is 0.375. The van der Waals surface area contributed by atoms with Gasteiger partial charge >= 0.3 is 0 Å². The Morgan fingerprint density at radius 2 is 2.50 bits per heavy atom. The Hall–Kier alpha value is -0.870. The number of ether oxygens (including phenoxy) is 1. The average molecular weight is 186 g/mol. The lowest BCUT2D eigenvalue weighted by Gasteiger charge is -1.99.